The van der Waals surface area contributed by atoms with E-state index < -0.39 is 0 Å². The lowest BCUT2D eigenvalue weighted by Gasteiger charge is -2.13. The van der Waals surface area contributed by atoms with Gasteiger partial charge in [-0.25, -0.2) is 0 Å². The summed E-state index contributed by atoms with van der Waals surface area (Å²) in [4.78, 5) is 29.0. The number of amides is 2. The fourth-order valence-electron chi connectivity index (χ4n) is 3.07. The molecule has 1 fully saturated rings. The minimum absolute atomic E-state index is 0.186. The van der Waals surface area contributed by atoms with Gasteiger partial charge in [0, 0.05) is 18.4 Å². The Morgan fingerprint density at radius 3 is 2.54 bits per heavy atom. The number of benzene rings is 1. The maximum atomic E-state index is 12.6. The third kappa shape index (κ3) is 4.39. The van der Waals surface area contributed by atoms with Crippen LogP contribution in [0.25, 0.3) is 0 Å². The predicted octanol–water partition coefficient (Wildman–Crippen LogP) is 3.41. The standard InChI is InChI=1S/C20H23N3O3/c1-2-26-18-10-6-5-9-17(18)23-20(25)15-11-14(12-21-13-15)19(24)22-16-7-3-4-8-16/h5-6,9-13,16H,2-4,7-8H2,1H3,(H,22,24)(H,23,25). The molecule has 2 amide bonds. The van der Waals surface area contributed by atoms with E-state index in [1.165, 1.54) is 12.4 Å². The van der Waals surface area contributed by atoms with Gasteiger partial charge in [-0.2, -0.15) is 0 Å². The molecular formula is C20H23N3O3. The number of ether oxygens (including phenoxy) is 1. The Bertz CT molecular complexity index is 785. The molecule has 0 bridgehead atoms. The lowest BCUT2D eigenvalue weighted by molar-refractivity contribution is 0.0937. The molecule has 2 N–H and O–H groups in total. The first kappa shape index (κ1) is 17.9. The molecular weight excluding hydrogens is 330 g/mol. The summed E-state index contributed by atoms with van der Waals surface area (Å²) in [6.45, 7) is 2.39. The molecule has 3 rings (SSSR count). The number of pyridine rings is 1. The molecule has 6 nitrogen and oxygen atoms in total. The largest absolute Gasteiger partial charge is 0.492 e. The SMILES string of the molecule is CCOc1ccccc1NC(=O)c1cncc(C(=O)NC2CCCC2)c1. The predicted molar refractivity (Wildman–Crippen MR) is 99.5 cm³/mol. The lowest BCUT2D eigenvalue weighted by Crippen LogP contribution is -2.32. The zero-order valence-electron chi connectivity index (χ0n) is 14.8. The van der Waals surface area contributed by atoms with Crippen molar-refractivity contribution in [1.29, 1.82) is 0 Å². The van der Waals surface area contributed by atoms with Crippen molar-refractivity contribution < 1.29 is 14.3 Å². The van der Waals surface area contributed by atoms with Crippen LogP contribution in [0, 0.1) is 0 Å². The normalized spacial score (nSPS) is 14.0. The van der Waals surface area contributed by atoms with E-state index in [-0.39, 0.29) is 17.9 Å². The van der Waals surface area contributed by atoms with Crippen LogP contribution in [0.15, 0.2) is 42.7 Å². The zero-order chi connectivity index (χ0) is 18.4. The van der Waals surface area contributed by atoms with E-state index in [1.807, 2.05) is 19.1 Å². The Hall–Kier alpha value is -2.89. The summed E-state index contributed by atoms with van der Waals surface area (Å²) in [5.74, 6) is 0.0837. The maximum absolute atomic E-state index is 12.6. The van der Waals surface area contributed by atoms with Crippen LogP contribution in [0.5, 0.6) is 5.75 Å². The van der Waals surface area contributed by atoms with Crippen LogP contribution in [0.3, 0.4) is 0 Å². The summed E-state index contributed by atoms with van der Waals surface area (Å²) >= 11 is 0. The first-order valence-corrected chi connectivity index (χ1v) is 8.96. The first-order chi connectivity index (χ1) is 12.7. The van der Waals surface area contributed by atoms with Crippen LogP contribution < -0.4 is 15.4 Å². The molecule has 0 radical (unpaired) electrons. The number of hydrogen-bond donors (Lipinski definition) is 2. The van der Waals surface area contributed by atoms with Crippen molar-refractivity contribution in [2.45, 2.75) is 38.6 Å². The van der Waals surface area contributed by atoms with Gasteiger partial charge in [-0.1, -0.05) is 25.0 Å². The lowest BCUT2D eigenvalue weighted by atomic mass is 10.1. The third-order valence-corrected chi connectivity index (χ3v) is 4.39. The molecule has 1 heterocycles. The smallest absolute Gasteiger partial charge is 0.257 e. The first-order valence-electron chi connectivity index (χ1n) is 8.96. The van der Waals surface area contributed by atoms with Crippen LogP contribution >= 0.6 is 0 Å². The molecule has 1 aliphatic rings. The number of carbonyl (C=O) groups excluding carboxylic acids is 2. The van der Waals surface area contributed by atoms with Crippen LogP contribution in [-0.2, 0) is 0 Å². The maximum Gasteiger partial charge on any atom is 0.257 e. The van der Waals surface area contributed by atoms with E-state index in [9.17, 15) is 9.59 Å². The second-order valence-electron chi connectivity index (χ2n) is 6.30. The van der Waals surface area contributed by atoms with E-state index in [0.717, 1.165) is 25.7 Å². The summed E-state index contributed by atoms with van der Waals surface area (Å²) in [6, 6.07) is 9.02. The summed E-state index contributed by atoms with van der Waals surface area (Å²) in [7, 11) is 0. The van der Waals surface area contributed by atoms with Crippen molar-refractivity contribution in [3.8, 4) is 5.75 Å². The Kier molecular flexibility index (Phi) is 5.84. The Morgan fingerprint density at radius 2 is 1.81 bits per heavy atom. The molecule has 6 heteroatoms. The Labute approximate surface area is 153 Å². The van der Waals surface area contributed by atoms with Gasteiger partial charge < -0.3 is 15.4 Å². The van der Waals surface area contributed by atoms with Gasteiger partial charge in [0.1, 0.15) is 5.75 Å². The fraction of sp³-hybridized carbons (Fsp3) is 0.350. The molecule has 0 spiro atoms. The van der Waals surface area contributed by atoms with Crippen LogP contribution in [0.1, 0.15) is 53.3 Å². The number of rotatable bonds is 6. The van der Waals surface area contributed by atoms with E-state index >= 15 is 0 Å². The Morgan fingerprint density at radius 1 is 1.12 bits per heavy atom. The molecule has 0 aliphatic heterocycles. The van der Waals surface area contributed by atoms with Gasteiger partial charge in [-0.05, 0) is 38.0 Å². The van der Waals surface area contributed by atoms with Crippen LogP contribution in [0.2, 0.25) is 0 Å². The highest BCUT2D eigenvalue weighted by atomic mass is 16.5. The van der Waals surface area contributed by atoms with Crippen molar-refractivity contribution in [3.05, 3.63) is 53.9 Å². The van der Waals surface area contributed by atoms with Gasteiger partial charge in [0.05, 0.1) is 23.4 Å². The average Bonchev–Trinajstić information content (AvgIpc) is 3.16. The quantitative estimate of drug-likeness (QED) is 0.834. The number of nitrogens with one attached hydrogen (secondary N) is 2. The third-order valence-electron chi connectivity index (χ3n) is 4.39. The van der Waals surface area contributed by atoms with Gasteiger partial charge in [0.25, 0.3) is 11.8 Å². The molecule has 136 valence electrons. The van der Waals surface area contributed by atoms with Crippen LogP contribution in [0.4, 0.5) is 5.69 Å². The van der Waals surface area contributed by atoms with Gasteiger partial charge in [-0.15, -0.1) is 0 Å². The number of aromatic nitrogens is 1. The highest BCUT2D eigenvalue weighted by Gasteiger charge is 2.19. The summed E-state index contributed by atoms with van der Waals surface area (Å²) in [5.41, 5.74) is 1.30. The Balaban J connectivity index is 1.71. The molecule has 26 heavy (non-hydrogen) atoms. The van der Waals surface area contributed by atoms with Crippen molar-refractivity contribution in [1.82, 2.24) is 10.3 Å². The van der Waals surface area contributed by atoms with E-state index in [2.05, 4.69) is 15.6 Å². The number of carbonyl (C=O) groups is 2. The number of para-hydroxylation sites is 2. The molecule has 1 aromatic carbocycles. The highest BCUT2D eigenvalue weighted by molar-refractivity contribution is 6.06. The molecule has 1 saturated carbocycles. The minimum Gasteiger partial charge on any atom is -0.492 e. The number of nitrogens with zero attached hydrogens (tertiary/aromatic N) is 1. The van der Waals surface area contributed by atoms with E-state index in [4.69, 9.17) is 4.74 Å². The van der Waals surface area contributed by atoms with Crippen molar-refractivity contribution >= 4 is 17.5 Å². The van der Waals surface area contributed by atoms with Crippen molar-refractivity contribution in [2.24, 2.45) is 0 Å². The molecule has 0 unspecified atom stereocenters. The van der Waals surface area contributed by atoms with Gasteiger partial charge in [-0.3, -0.25) is 14.6 Å². The van der Waals surface area contributed by atoms with Crippen LogP contribution in [-0.4, -0.2) is 29.4 Å². The monoisotopic (exact) mass is 353 g/mol. The summed E-state index contributed by atoms with van der Waals surface area (Å²) < 4.78 is 5.52. The molecule has 1 aliphatic carbocycles. The second kappa shape index (κ2) is 8.47. The van der Waals surface area contributed by atoms with Gasteiger partial charge in [0.2, 0.25) is 0 Å². The summed E-state index contributed by atoms with van der Waals surface area (Å²) in [5, 5.41) is 5.82. The van der Waals surface area contributed by atoms with Crippen molar-refractivity contribution in [3.63, 3.8) is 0 Å². The van der Waals surface area contributed by atoms with Gasteiger partial charge in [0.15, 0.2) is 0 Å². The summed E-state index contributed by atoms with van der Waals surface area (Å²) in [6.07, 6.45) is 7.23. The molecule has 0 saturated heterocycles. The van der Waals surface area contributed by atoms with Crippen molar-refractivity contribution in [2.75, 3.05) is 11.9 Å². The number of anilines is 1. The van der Waals surface area contributed by atoms with Gasteiger partial charge >= 0.3 is 0 Å². The molecule has 1 aromatic heterocycles. The highest BCUT2D eigenvalue weighted by Crippen LogP contribution is 2.24. The average molecular weight is 353 g/mol. The second-order valence-corrected chi connectivity index (χ2v) is 6.30. The minimum atomic E-state index is -0.333. The zero-order valence-corrected chi connectivity index (χ0v) is 14.8. The fourth-order valence-corrected chi connectivity index (χ4v) is 3.07. The topological polar surface area (TPSA) is 80.3 Å². The van der Waals surface area contributed by atoms with E-state index in [1.54, 1.807) is 18.2 Å². The number of hydrogen-bond acceptors (Lipinski definition) is 4. The molecule has 0 atom stereocenters. The molecule has 2 aromatic rings. The van der Waals surface area contributed by atoms with E-state index in [0.29, 0.717) is 29.2 Å².